The molecule has 0 aliphatic rings. The maximum absolute atomic E-state index is 11.1. The van der Waals surface area contributed by atoms with E-state index in [-0.39, 0.29) is 17.7 Å². The van der Waals surface area contributed by atoms with Crippen LogP contribution in [0.2, 0.25) is 0 Å². The van der Waals surface area contributed by atoms with Crippen LogP contribution in [0.1, 0.15) is 10.6 Å². The average molecular weight is 167 g/mol. The number of rotatable bonds is 3. The number of carbonyl (C=O) groups excluding carboxylic acids is 1. The Morgan fingerprint density at radius 2 is 2.58 bits per heavy atom. The van der Waals surface area contributed by atoms with Gasteiger partial charge in [-0.3, -0.25) is 9.89 Å². The van der Waals surface area contributed by atoms with E-state index < -0.39 is 0 Å². The summed E-state index contributed by atoms with van der Waals surface area (Å²) in [6.07, 6.45) is 1.57. The predicted molar refractivity (Wildman–Crippen MR) is 43.3 cm³/mol. The lowest BCUT2D eigenvalue weighted by molar-refractivity contribution is 0.0948. The van der Waals surface area contributed by atoms with Crippen LogP contribution in [0.3, 0.4) is 0 Å². The van der Waals surface area contributed by atoms with E-state index in [9.17, 15) is 4.79 Å². The predicted octanol–water partition coefficient (Wildman–Crippen LogP) is -0.697. The van der Waals surface area contributed by atoms with Crippen molar-refractivity contribution in [3.63, 3.8) is 0 Å². The van der Waals surface area contributed by atoms with Gasteiger partial charge in [-0.15, -0.1) is 11.7 Å². The molecule has 1 aromatic heterocycles. The fourth-order valence-electron chi connectivity index (χ4n) is 0.625. The summed E-state index contributed by atoms with van der Waals surface area (Å²) in [4.78, 5) is 14.7. The second kappa shape index (κ2) is 3.51. The number of carbonyl (C=O) groups is 1. The van der Waals surface area contributed by atoms with E-state index in [4.69, 9.17) is 5.73 Å². The number of nitrogens with zero attached hydrogens (tertiary/aromatic N) is 2. The fourth-order valence-corrected chi connectivity index (χ4v) is 0.625. The molecule has 0 aliphatic carbocycles. The number of hydrogen-bond acceptors (Lipinski definition) is 4. The fraction of sp³-hybridized carbons (Fsp3) is 0.167. The van der Waals surface area contributed by atoms with Gasteiger partial charge >= 0.3 is 0 Å². The lowest BCUT2D eigenvalue weighted by Crippen LogP contribution is -2.24. The Balaban J connectivity index is 2.59. The van der Waals surface area contributed by atoms with Crippen LogP contribution in [0.25, 0.3) is 0 Å². The van der Waals surface area contributed by atoms with Gasteiger partial charge in [-0.2, -0.15) is 4.98 Å². The molecule has 12 heavy (non-hydrogen) atoms. The molecule has 0 bridgehead atoms. The number of nitrogens with two attached hydrogens (primary N) is 1. The zero-order valence-corrected chi connectivity index (χ0v) is 6.37. The minimum Gasteiger partial charge on any atom is -0.366 e. The van der Waals surface area contributed by atoms with Crippen molar-refractivity contribution in [2.24, 2.45) is 0 Å². The summed E-state index contributed by atoms with van der Waals surface area (Å²) >= 11 is 0. The lowest BCUT2D eigenvalue weighted by Gasteiger charge is -1.95. The number of aromatic nitrogens is 3. The van der Waals surface area contributed by atoms with Crippen molar-refractivity contribution in [3.05, 3.63) is 18.5 Å². The number of hydrogen-bond donors (Lipinski definition) is 3. The monoisotopic (exact) mass is 167 g/mol. The first kappa shape index (κ1) is 8.25. The first-order valence-corrected chi connectivity index (χ1v) is 3.31. The van der Waals surface area contributed by atoms with Gasteiger partial charge in [0.15, 0.2) is 0 Å². The highest BCUT2D eigenvalue weighted by Gasteiger charge is 2.08. The zero-order valence-electron chi connectivity index (χ0n) is 6.37. The van der Waals surface area contributed by atoms with Crippen LogP contribution in [-0.2, 0) is 0 Å². The minimum absolute atomic E-state index is 0.0544. The molecule has 0 saturated heterocycles. The van der Waals surface area contributed by atoms with Crippen LogP contribution in [-0.4, -0.2) is 27.6 Å². The first-order valence-electron chi connectivity index (χ1n) is 3.31. The molecule has 6 nitrogen and oxygen atoms in total. The van der Waals surface area contributed by atoms with Crippen molar-refractivity contribution in [2.45, 2.75) is 0 Å². The van der Waals surface area contributed by atoms with Crippen molar-refractivity contribution in [1.29, 1.82) is 0 Å². The molecular weight excluding hydrogens is 158 g/mol. The smallest absolute Gasteiger partial charge is 0.288 e. The van der Waals surface area contributed by atoms with E-state index in [1.165, 1.54) is 0 Å². The maximum Gasteiger partial charge on any atom is 0.288 e. The van der Waals surface area contributed by atoms with Gasteiger partial charge in [-0.25, -0.2) is 0 Å². The van der Waals surface area contributed by atoms with Crippen molar-refractivity contribution in [3.8, 4) is 0 Å². The van der Waals surface area contributed by atoms with Gasteiger partial charge in [0.25, 0.3) is 5.91 Å². The Kier molecular flexibility index (Phi) is 2.42. The highest BCUT2D eigenvalue weighted by atomic mass is 16.2. The van der Waals surface area contributed by atoms with E-state index in [2.05, 4.69) is 27.1 Å². The molecule has 4 N–H and O–H groups in total. The van der Waals surface area contributed by atoms with Gasteiger partial charge in [0, 0.05) is 6.54 Å². The molecule has 1 aromatic rings. The number of anilines is 1. The van der Waals surface area contributed by atoms with Crippen molar-refractivity contribution in [2.75, 3.05) is 12.3 Å². The minimum atomic E-state index is -0.348. The summed E-state index contributed by atoms with van der Waals surface area (Å²) in [7, 11) is 0. The lowest BCUT2D eigenvalue weighted by atomic mass is 10.5. The van der Waals surface area contributed by atoms with Gasteiger partial charge < -0.3 is 11.1 Å². The van der Waals surface area contributed by atoms with E-state index in [1.54, 1.807) is 6.08 Å². The molecule has 0 aliphatic heterocycles. The van der Waals surface area contributed by atoms with Crippen LogP contribution >= 0.6 is 0 Å². The molecule has 0 saturated carbocycles. The standard InChI is InChI=1S/C6H9N5O/c1-2-3-8-5(12)4-9-6(7)11-10-4/h2H,1,3H2,(H,8,12)(H3,7,9,10,11). The quantitative estimate of drug-likeness (QED) is 0.519. The first-order chi connectivity index (χ1) is 5.74. The van der Waals surface area contributed by atoms with Crippen molar-refractivity contribution >= 4 is 11.9 Å². The molecule has 0 unspecified atom stereocenters. The SMILES string of the molecule is C=CCNC(=O)c1nc(N)n[nH]1. The normalized spacial score (nSPS) is 9.33. The van der Waals surface area contributed by atoms with Gasteiger partial charge in [0.2, 0.25) is 11.8 Å². The Morgan fingerprint density at radius 3 is 3.08 bits per heavy atom. The Labute approximate surface area is 68.9 Å². The highest BCUT2D eigenvalue weighted by molar-refractivity contribution is 5.90. The molecule has 6 heteroatoms. The number of amides is 1. The summed E-state index contributed by atoms with van der Waals surface area (Å²) in [6, 6.07) is 0. The third-order valence-corrected chi connectivity index (χ3v) is 1.12. The van der Waals surface area contributed by atoms with E-state index in [0.29, 0.717) is 6.54 Å². The van der Waals surface area contributed by atoms with Gasteiger partial charge in [0.05, 0.1) is 0 Å². The molecule has 0 aromatic carbocycles. The number of H-pyrrole nitrogens is 1. The highest BCUT2D eigenvalue weighted by Crippen LogP contribution is 1.91. The molecule has 0 atom stereocenters. The van der Waals surface area contributed by atoms with Gasteiger partial charge in [-0.05, 0) is 0 Å². The number of nitrogens with one attached hydrogen (secondary N) is 2. The molecule has 0 radical (unpaired) electrons. The largest absolute Gasteiger partial charge is 0.366 e. The topological polar surface area (TPSA) is 96.7 Å². The zero-order chi connectivity index (χ0) is 8.97. The van der Waals surface area contributed by atoms with Crippen molar-refractivity contribution in [1.82, 2.24) is 20.5 Å². The van der Waals surface area contributed by atoms with Gasteiger partial charge in [0.1, 0.15) is 0 Å². The van der Waals surface area contributed by atoms with Crippen LogP contribution in [0.15, 0.2) is 12.7 Å². The summed E-state index contributed by atoms with van der Waals surface area (Å²) in [6.45, 7) is 3.83. The second-order valence-electron chi connectivity index (χ2n) is 2.04. The van der Waals surface area contributed by atoms with Crippen molar-refractivity contribution < 1.29 is 4.79 Å². The molecule has 1 heterocycles. The van der Waals surface area contributed by atoms with E-state index >= 15 is 0 Å². The number of aromatic amines is 1. The van der Waals surface area contributed by atoms with Crippen LogP contribution in [0.4, 0.5) is 5.95 Å². The molecule has 64 valence electrons. The Bertz CT molecular complexity index is 292. The molecule has 0 spiro atoms. The summed E-state index contributed by atoms with van der Waals surface area (Å²) in [5.74, 6) is -0.188. The molecular formula is C6H9N5O. The summed E-state index contributed by atoms with van der Waals surface area (Å²) in [5, 5.41) is 8.40. The van der Waals surface area contributed by atoms with Crippen LogP contribution in [0, 0.1) is 0 Å². The summed E-state index contributed by atoms with van der Waals surface area (Å²) < 4.78 is 0. The third kappa shape index (κ3) is 1.82. The van der Waals surface area contributed by atoms with E-state index in [0.717, 1.165) is 0 Å². The van der Waals surface area contributed by atoms with Crippen LogP contribution in [0.5, 0.6) is 0 Å². The Morgan fingerprint density at radius 1 is 1.83 bits per heavy atom. The maximum atomic E-state index is 11.1. The van der Waals surface area contributed by atoms with E-state index in [1.807, 2.05) is 0 Å². The molecule has 1 amide bonds. The average Bonchev–Trinajstić information content (AvgIpc) is 2.47. The number of nitrogen functional groups attached to an aromatic ring is 1. The second-order valence-corrected chi connectivity index (χ2v) is 2.04. The molecule has 1 rings (SSSR count). The van der Waals surface area contributed by atoms with Gasteiger partial charge in [-0.1, -0.05) is 6.08 Å². The Hall–Kier alpha value is -1.85. The van der Waals surface area contributed by atoms with Crippen LogP contribution < -0.4 is 11.1 Å². The molecule has 0 fully saturated rings. The third-order valence-electron chi connectivity index (χ3n) is 1.12. The summed E-state index contributed by atoms with van der Waals surface area (Å²) in [5.41, 5.74) is 5.19.